The fourth-order valence-corrected chi connectivity index (χ4v) is 2.18. The van der Waals surface area contributed by atoms with Gasteiger partial charge in [0.1, 0.15) is 5.75 Å². The summed E-state index contributed by atoms with van der Waals surface area (Å²) in [6, 6.07) is 10.9. The fourth-order valence-electron chi connectivity index (χ4n) is 2.02. The van der Waals surface area contributed by atoms with Crippen LogP contribution in [0.5, 0.6) is 11.5 Å². The third-order valence-electron chi connectivity index (χ3n) is 3.37. The van der Waals surface area contributed by atoms with Crippen molar-refractivity contribution in [2.75, 3.05) is 0 Å². The lowest BCUT2D eigenvalue weighted by atomic mass is 10.2. The monoisotopic (exact) mass is 332 g/mol. The highest BCUT2D eigenvalue weighted by atomic mass is 35.5. The molecule has 1 aliphatic rings. The molecule has 6 nitrogen and oxygen atoms in total. The highest BCUT2D eigenvalue weighted by Gasteiger charge is 2.23. The normalized spacial score (nSPS) is 13.4. The Morgan fingerprint density at radius 1 is 1.22 bits per heavy atom. The predicted molar refractivity (Wildman–Crippen MR) is 85.1 cm³/mol. The van der Waals surface area contributed by atoms with Gasteiger partial charge in [-0.05, 0) is 49.2 Å². The molecular formula is C16H13ClN2O4. The number of amides is 1. The van der Waals surface area contributed by atoms with Gasteiger partial charge in [-0.15, -0.1) is 0 Å². The summed E-state index contributed by atoms with van der Waals surface area (Å²) in [5.74, 6) is 0.365. The van der Waals surface area contributed by atoms with Crippen LogP contribution in [0.3, 0.4) is 0 Å². The van der Waals surface area contributed by atoms with Gasteiger partial charge >= 0.3 is 5.69 Å². The molecule has 0 aromatic heterocycles. The number of hydrogen-bond acceptors (Lipinski definition) is 4. The zero-order valence-corrected chi connectivity index (χ0v) is 12.7. The lowest BCUT2D eigenvalue weighted by Gasteiger charge is -2.08. The van der Waals surface area contributed by atoms with Crippen molar-refractivity contribution in [2.24, 2.45) is 0 Å². The van der Waals surface area contributed by atoms with Crippen LogP contribution in [0.15, 0.2) is 42.5 Å². The summed E-state index contributed by atoms with van der Waals surface area (Å²) in [6.07, 6.45) is 2.04. The van der Waals surface area contributed by atoms with Crippen LogP contribution < -0.4 is 10.1 Å². The SMILES string of the molecule is O=C(NC1CC1)c1ccc(Oc2ccc(Cl)cc2[N+](=O)[O-])cc1. The lowest BCUT2D eigenvalue weighted by Crippen LogP contribution is -2.25. The minimum absolute atomic E-state index is 0.0922. The molecule has 0 spiro atoms. The van der Waals surface area contributed by atoms with Crippen molar-refractivity contribution in [1.29, 1.82) is 0 Å². The summed E-state index contributed by atoms with van der Waals surface area (Å²) in [4.78, 5) is 22.4. The first-order valence-electron chi connectivity index (χ1n) is 7.05. The zero-order chi connectivity index (χ0) is 16.4. The van der Waals surface area contributed by atoms with Gasteiger partial charge in [-0.3, -0.25) is 14.9 Å². The highest BCUT2D eigenvalue weighted by Crippen LogP contribution is 2.33. The van der Waals surface area contributed by atoms with E-state index in [4.69, 9.17) is 16.3 Å². The first-order valence-corrected chi connectivity index (χ1v) is 7.43. The molecule has 0 heterocycles. The molecule has 3 rings (SSSR count). The number of carbonyl (C=O) groups is 1. The van der Waals surface area contributed by atoms with E-state index in [0.29, 0.717) is 11.3 Å². The van der Waals surface area contributed by atoms with Crippen LogP contribution in [0, 0.1) is 10.1 Å². The van der Waals surface area contributed by atoms with E-state index in [0.717, 1.165) is 12.8 Å². The number of nitro benzene ring substituents is 1. The number of halogens is 1. The second kappa shape index (κ2) is 6.26. The number of nitro groups is 1. The highest BCUT2D eigenvalue weighted by molar-refractivity contribution is 6.30. The quantitative estimate of drug-likeness (QED) is 0.664. The van der Waals surface area contributed by atoms with E-state index >= 15 is 0 Å². The van der Waals surface area contributed by atoms with Gasteiger partial charge in [0.15, 0.2) is 0 Å². The Hall–Kier alpha value is -2.60. The minimum atomic E-state index is -0.557. The maximum Gasteiger partial charge on any atom is 0.313 e. The van der Waals surface area contributed by atoms with Crippen LogP contribution in [0.4, 0.5) is 5.69 Å². The number of nitrogens with zero attached hydrogens (tertiary/aromatic N) is 1. The molecule has 0 saturated heterocycles. The molecular weight excluding hydrogens is 320 g/mol. The fraction of sp³-hybridized carbons (Fsp3) is 0.188. The van der Waals surface area contributed by atoms with E-state index in [1.165, 1.54) is 18.2 Å². The van der Waals surface area contributed by atoms with Gasteiger partial charge < -0.3 is 10.1 Å². The molecule has 1 fully saturated rings. The van der Waals surface area contributed by atoms with Crippen LogP contribution in [0.1, 0.15) is 23.2 Å². The van der Waals surface area contributed by atoms with Gasteiger partial charge in [0.2, 0.25) is 5.75 Å². The summed E-state index contributed by atoms with van der Waals surface area (Å²) in [6.45, 7) is 0. The van der Waals surface area contributed by atoms with Crippen molar-refractivity contribution in [3.63, 3.8) is 0 Å². The molecule has 23 heavy (non-hydrogen) atoms. The van der Waals surface area contributed by atoms with Crippen LogP contribution in [0.25, 0.3) is 0 Å². The minimum Gasteiger partial charge on any atom is -0.450 e. The van der Waals surface area contributed by atoms with Crippen molar-refractivity contribution in [1.82, 2.24) is 5.32 Å². The van der Waals surface area contributed by atoms with Crippen LogP contribution in [-0.4, -0.2) is 16.9 Å². The molecule has 0 aliphatic heterocycles. The molecule has 2 aromatic carbocycles. The average molecular weight is 333 g/mol. The second-order valence-electron chi connectivity index (χ2n) is 5.24. The lowest BCUT2D eigenvalue weighted by molar-refractivity contribution is -0.385. The van der Waals surface area contributed by atoms with Gasteiger partial charge in [-0.25, -0.2) is 0 Å². The predicted octanol–water partition coefficient (Wildman–Crippen LogP) is 3.93. The largest absolute Gasteiger partial charge is 0.450 e. The maximum absolute atomic E-state index is 11.9. The molecule has 2 aromatic rings. The van der Waals surface area contributed by atoms with Gasteiger partial charge in [-0.1, -0.05) is 11.6 Å². The van der Waals surface area contributed by atoms with Crippen molar-refractivity contribution in [3.8, 4) is 11.5 Å². The van der Waals surface area contributed by atoms with E-state index < -0.39 is 4.92 Å². The van der Waals surface area contributed by atoms with Crippen molar-refractivity contribution < 1.29 is 14.5 Å². The Bertz CT molecular complexity index is 757. The molecule has 7 heteroatoms. The van der Waals surface area contributed by atoms with E-state index in [-0.39, 0.29) is 28.4 Å². The maximum atomic E-state index is 11.9. The Morgan fingerprint density at radius 3 is 2.52 bits per heavy atom. The molecule has 1 aliphatic carbocycles. The Balaban J connectivity index is 1.75. The molecule has 118 valence electrons. The van der Waals surface area contributed by atoms with Crippen LogP contribution in [-0.2, 0) is 0 Å². The molecule has 0 unspecified atom stereocenters. The van der Waals surface area contributed by atoms with Crippen molar-refractivity contribution in [3.05, 3.63) is 63.2 Å². The zero-order valence-electron chi connectivity index (χ0n) is 12.0. The number of hydrogen-bond donors (Lipinski definition) is 1. The number of benzene rings is 2. The van der Waals surface area contributed by atoms with E-state index in [1.54, 1.807) is 24.3 Å². The van der Waals surface area contributed by atoms with Crippen LogP contribution >= 0.6 is 11.6 Å². The summed E-state index contributed by atoms with van der Waals surface area (Å²) in [5.41, 5.74) is 0.308. The van der Waals surface area contributed by atoms with Crippen molar-refractivity contribution >= 4 is 23.2 Å². The number of carbonyl (C=O) groups excluding carboxylic acids is 1. The third kappa shape index (κ3) is 3.78. The smallest absolute Gasteiger partial charge is 0.313 e. The van der Waals surface area contributed by atoms with Gasteiger partial charge in [0.25, 0.3) is 5.91 Å². The first-order chi connectivity index (χ1) is 11.0. The number of rotatable bonds is 5. The van der Waals surface area contributed by atoms with E-state index in [2.05, 4.69) is 5.32 Å². The third-order valence-corrected chi connectivity index (χ3v) is 3.61. The summed E-state index contributed by atoms with van der Waals surface area (Å²) < 4.78 is 5.52. The van der Waals surface area contributed by atoms with Gasteiger partial charge in [0.05, 0.1) is 4.92 Å². The van der Waals surface area contributed by atoms with E-state index in [1.807, 2.05) is 0 Å². The molecule has 0 radical (unpaired) electrons. The first kappa shape index (κ1) is 15.3. The second-order valence-corrected chi connectivity index (χ2v) is 5.68. The van der Waals surface area contributed by atoms with E-state index in [9.17, 15) is 14.9 Å². The molecule has 0 bridgehead atoms. The molecule has 1 saturated carbocycles. The summed E-state index contributed by atoms with van der Waals surface area (Å²) in [7, 11) is 0. The van der Waals surface area contributed by atoms with Crippen molar-refractivity contribution in [2.45, 2.75) is 18.9 Å². The Labute approximate surface area is 137 Å². The molecule has 0 atom stereocenters. The molecule has 1 N–H and O–H groups in total. The van der Waals surface area contributed by atoms with Gasteiger partial charge in [0, 0.05) is 22.7 Å². The Morgan fingerprint density at radius 2 is 1.91 bits per heavy atom. The summed E-state index contributed by atoms with van der Waals surface area (Å²) >= 11 is 5.76. The molecule has 1 amide bonds. The topological polar surface area (TPSA) is 81.5 Å². The summed E-state index contributed by atoms with van der Waals surface area (Å²) in [5, 5.41) is 14.2. The number of ether oxygens (including phenoxy) is 1. The van der Waals surface area contributed by atoms with Gasteiger partial charge in [-0.2, -0.15) is 0 Å². The average Bonchev–Trinajstić information content (AvgIpc) is 3.33. The van der Waals surface area contributed by atoms with Crippen LogP contribution in [0.2, 0.25) is 5.02 Å². The Kier molecular flexibility index (Phi) is 4.16. The standard InChI is InChI=1S/C16H13ClN2O4/c17-11-3-8-15(14(9-11)19(21)22)23-13-6-1-10(2-7-13)16(20)18-12-4-5-12/h1-3,6-9,12H,4-5H2,(H,18,20). The number of nitrogens with one attached hydrogen (secondary N) is 1.